The quantitative estimate of drug-likeness (QED) is 0.390. The molecular weight excluding hydrogens is 304 g/mol. The zero-order valence-electron chi connectivity index (χ0n) is 15.6. The monoisotopic (exact) mass is 336 g/mol. The van der Waals surface area contributed by atoms with Crippen molar-refractivity contribution in [2.45, 2.75) is 59.4 Å². The lowest BCUT2D eigenvalue weighted by molar-refractivity contribution is 0.128. The number of nitrogens with zero attached hydrogens (tertiary/aromatic N) is 2. The molecule has 1 fully saturated rings. The molecule has 0 aliphatic heterocycles. The summed E-state index contributed by atoms with van der Waals surface area (Å²) in [5.41, 5.74) is 2.60. The highest BCUT2D eigenvalue weighted by atomic mass is 16.5. The van der Waals surface area contributed by atoms with Crippen LogP contribution in [-0.4, -0.2) is 37.9 Å². The van der Waals surface area contributed by atoms with E-state index >= 15 is 0 Å². The first-order valence-electron chi connectivity index (χ1n) is 9.16. The summed E-state index contributed by atoms with van der Waals surface area (Å²) in [6.07, 6.45) is 5.41. The van der Waals surface area contributed by atoms with E-state index in [0.29, 0.717) is 12.0 Å². The molecule has 0 spiro atoms. The first-order valence-corrected chi connectivity index (χ1v) is 9.16. The highest BCUT2D eigenvalue weighted by molar-refractivity contribution is 5.79. The molecule has 1 aliphatic rings. The average molecular weight is 336 g/mol. The molecule has 2 rings (SSSR count). The second kappa shape index (κ2) is 9.06. The van der Waals surface area contributed by atoms with Crippen LogP contribution in [0.5, 0.6) is 0 Å². The van der Waals surface area contributed by atoms with Crippen LogP contribution in [0.25, 0.3) is 0 Å². The van der Waals surface area contributed by atoms with Gasteiger partial charge in [0.15, 0.2) is 5.96 Å². The highest BCUT2D eigenvalue weighted by Gasteiger charge is 2.41. The van der Waals surface area contributed by atoms with Crippen molar-refractivity contribution < 1.29 is 9.26 Å². The summed E-state index contributed by atoms with van der Waals surface area (Å²) in [6.45, 7) is 9.53. The first-order chi connectivity index (χ1) is 11.7. The van der Waals surface area contributed by atoms with E-state index in [4.69, 9.17) is 9.26 Å². The lowest BCUT2D eigenvalue weighted by Gasteiger charge is -2.18. The number of hydrogen-bond donors (Lipinski definition) is 2. The Morgan fingerprint density at radius 1 is 1.25 bits per heavy atom. The molecule has 1 saturated carbocycles. The van der Waals surface area contributed by atoms with Crippen LogP contribution in [0.1, 0.15) is 57.1 Å². The van der Waals surface area contributed by atoms with Gasteiger partial charge in [-0.2, -0.15) is 0 Å². The maximum atomic E-state index is 5.50. The van der Waals surface area contributed by atoms with Gasteiger partial charge in [0, 0.05) is 45.3 Å². The maximum Gasteiger partial charge on any atom is 0.191 e. The molecule has 2 N–H and O–H groups in total. The predicted octanol–water partition coefficient (Wildman–Crippen LogP) is 2.67. The van der Waals surface area contributed by atoms with E-state index in [1.165, 1.54) is 18.4 Å². The fourth-order valence-electron chi connectivity index (χ4n) is 2.93. The third-order valence-corrected chi connectivity index (χ3v) is 4.83. The van der Waals surface area contributed by atoms with E-state index in [1.807, 2.05) is 14.0 Å². The SMILES string of the molecule is CCOCCC1(CNC(=NC)NCc2c(CC)noc2CC)CC1. The third kappa shape index (κ3) is 4.97. The van der Waals surface area contributed by atoms with Crippen LogP contribution in [0.4, 0.5) is 0 Å². The Bertz CT molecular complexity index is 514. The van der Waals surface area contributed by atoms with Gasteiger partial charge in [-0.1, -0.05) is 19.0 Å². The van der Waals surface area contributed by atoms with Gasteiger partial charge < -0.3 is 19.9 Å². The van der Waals surface area contributed by atoms with E-state index < -0.39 is 0 Å². The Hall–Kier alpha value is -1.56. The molecule has 0 amide bonds. The van der Waals surface area contributed by atoms with E-state index in [1.54, 1.807) is 0 Å². The molecule has 24 heavy (non-hydrogen) atoms. The molecule has 1 aromatic rings. The van der Waals surface area contributed by atoms with Crippen LogP contribution in [0.3, 0.4) is 0 Å². The highest BCUT2D eigenvalue weighted by Crippen LogP contribution is 2.48. The molecule has 0 atom stereocenters. The predicted molar refractivity (Wildman–Crippen MR) is 96.2 cm³/mol. The van der Waals surface area contributed by atoms with Crippen molar-refractivity contribution in [3.05, 3.63) is 17.0 Å². The van der Waals surface area contributed by atoms with Gasteiger partial charge in [-0.15, -0.1) is 0 Å². The largest absolute Gasteiger partial charge is 0.382 e. The summed E-state index contributed by atoms with van der Waals surface area (Å²) < 4.78 is 10.9. The molecule has 1 aromatic heterocycles. The Labute approximate surface area is 145 Å². The number of aromatic nitrogens is 1. The van der Waals surface area contributed by atoms with Gasteiger partial charge in [-0.3, -0.25) is 4.99 Å². The maximum absolute atomic E-state index is 5.50. The van der Waals surface area contributed by atoms with E-state index in [9.17, 15) is 0 Å². The summed E-state index contributed by atoms with van der Waals surface area (Å²) in [5, 5.41) is 11.0. The van der Waals surface area contributed by atoms with Crippen molar-refractivity contribution in [1.82, 2.24) is 15.8 Å². The van der Waals surface area contributed by atoms with Crippen LogP contribution in [0, 0.1) is 5.41 Å². The lowest BCUT2D eigenvalue weighted by atomic mass is 10.0. The second-order valence-corrected chi connectivity index (χ2v) is 6.46. The Balaban J connectivity index is 1.82. The minimum atomic E-state index is 0.396. The number of guanidine groups is 1. The molecule has 0 aromatic carbocycles. The average Bonchev–Trinajstić information content (AvgIpc) is 3.26. The molecule has 1 heterocycles. The fraction of sp³-hybridized carbons (Fsp3) is 0.778. The van der Waals surface area contributed by atoms with Crippen molar-refractivity contribution in [3.63, 3.8) is 0 Å². The fourth-order valence-corrected chi connectivity index (χ4v) is 2.93. The van der Waals surface area contributed by atoms with E-state index in [0.717, 1.165) is 56.4 Å². The smallest absolute Gasteiger partial charge is 0.191 e. The Morgan fingerprint density at radius 3 is 2.62 bits per heavy atom. The van der Waals surface area contributed by atoms with Gasteiger partial charge in [-0.05, 0) is 38.0 Å². The summed E-state index contributed by atoms with van der Waals surface area (Å²) in [5.74, 6) is 1.80. The number of aliphatic imine (C=N–C) groups is 1. The van der Waals surface area contributed by atoms with Gasteiger partial charge in [0.1, 0.15) is 5.76 Å². The van der Waals surface area contributed by atoms with E-state index in [-0.39, 0.29) is 0 Å². The van der Waals surface area contributed by atoms with Crippen molar-refractivity contribution in [3.8, 4) is 0 Å². The zero-order chi connectivity index (χ0) is 17.4. The molecule has 6 heteroatoms. The van der Waals surface area contributed by atoms with Crippen LogP contribution in [0.15, 0.2) is 9.52 Å². The molecule has 1 aliphatic carbocycles. The second-order valence-electron chi connectivity index (χ2n) is 6.46. The van der Waals surface area contributed by atoms with Crippen molar-refractivity contribution in [2.75, 3.05) is 26.8 Å². The van der Waals surface area contributed by atoms with Crippen LogP contribution >= 0.6 is 0 Å². The number of ether oxygens (including phenoxy) is 1. The lowest BCUT2D eigenvalue weighted by Crippen LogP contribution is -2.40. The number of hydrogen-bond acceptors (Lipinski definition) is 4. The summed E-state index contributed by atoms with van der Waals surface area (Å²) in [6, 6.07) is 0. The third-order valence-electron chi connectivity index (χ3n) is 4.83. The van der Waals surface area contributed by atoms with Gasteiger partial charge in [0.05, 0.1) is 5.69 Å². The van der Waals surface area contributed by atoms with Crippen LogP contribution < -0.4 is 10.6 Å². The van der Waals surface area contributed by atoms with E-state index in [2.05, 4.69) is 34.6 Å². The van der Waals surface area contributed by atoms with Gasteiger partial charge in [0.2, 0.25) is 0 Å². The van der Waals surface area contributed by atoms with Gasteiger partial charge in [-0.25, -0.2) is 0 Å². The molecule has 0 radical (unpaired) electrons. The Morgan fingerprint density at radius 2 is 2.04 bits per heavy atom. The number of nitrogens with one attached hydrogen (secondary N) is 2. The zero-order valence-corrected chi connectivity index (χ0v) is 15.6. The normalized spacial score (nSPS) is 16.2. The van der Waals surface area contributed by atoms with Crippen LogP contribution in [0.2, 0.25) is 0 Å². The van der Waals surface area contributed by atoms with Crippen molar-refractivity contribution in [2.24, 2.45) is 10.4 Å². The molecule has 136 valence electrons. The topological polar surface area (TPSA) is 71.7 Å². The minimum absolute atomic E-state index is 0.396. The summed E-state index contributed by atoms with van der Waals surface area (Å²) in [7, 11) is 1.81. The first kappa shape index (κ1) is 18.8. The minimum Gasteiger partial charge on any atom is -0.382 e. The van der Waals surface area contributed by atoms with Gasteiger partial charge in [0.25, 0.3) is 0 Å². The molecule has 0 unspecified atom stereocenters. The van der Waals surface area contributed by atoms with Crippen LogP contribution in [-0.2, 0) is 24.1 Å². The van der Waals surface area contributed by atoms with Crippen molar-refractivity contribution >= 4 is 5.96 Å². The number of aryl methyl sites for hydroxylation is 2. The van der Waals surface area contributed by atoms with Gasteiger partial charge >= 0.3 is 0 Å². The number of rotatable bonds is 10. The summed E-state index contributed by atoms with van der Waals surface area (Å²) in [4.78, 5) is 4.34. The summed E-state index contributed by atoms with van der Waals surface area (Å²) >= 11 is 0. The standard InChI is InChI=1S/C18H32N4O2/c1-5-15-14(16(6-2)24-22-15)12-20-17(19-4)21-13-18(8-9-18)10-11-23-7-3/h5-13H2,1-4H3,(H2,19,20,21). The molecular formula is C18H32N4O2. The molecule has 6 nitrogen and oxygen atoms in total. The molecule has 0 saturated heterocycles. The van der Waals surface area contributed by atoms with Crippen molar-refractivity contribution in [1.29, 1.82) is 0 Å². The Kier molecular flexibility index (Phi) is 7.09. The molecule has 0 bridgehead atoms.